The van der Waals surface area contributed by atoms with E-state index < -0.39 is 0 Å². The summed E-state index contributed by atoms with van der Waals surface area (Å²) in [6.07, 6.45) is 10.0. The number of nitrogen functional groups attached to an aromatic ring is 1. The Hall–Kier alpha value is -2.57. The molecular formula is C21H24N7O2U-. The van der Waals surface area contributed by atoms with Gasteiger partial charge < -0.3 is 30.9 Å². The zero-order chi connectivity index (χ0) is 20.9. The number of H-pyrrole nitrogens is 1. The first-order chi connectivity index (χ1) is 14.6. The third kappa shape index (κ3) is 5.77. The van der Waals surface area contributed by atoms with Crippen molar-refractivity contribution < 1.29 is 35.9 Å². The van der Waals surface area contributed by atoms with Crippen LogP contribution in [0.1, 0.15) is 25.0 Å². The predicted octanol–water partition coefficient (Wildman–Crippen LogP) is 1.34. The van der Waals surface area contributed by atoms with Gasteiger partial charge in [-0.05, 0) is 31.0 Å². The molecule has 3 aromatic rings. The van der Waals surface area contributed by atoms with Crippen LogP contribution in [0.25, 0.3) is 11.3 Å². The Morgan fingerprint density at radius 1 is 1.35 bits per heavy atom. The Balaban J connectivity index is 0.00000272. The molecule has 1 aromatic carbocycles. The van der Waals surface area contributed by atoms with Crippen LogP contribution in [-0.2, 0) is 17.8 Å². The first-order valence-electron chi connectivity index (χ1n) is 9.99. The topological polar surface area (TPSA) is 131 Å². The molecule has 1 fully saturated rings. The fraction of sp³-hybridized carbons (Fsp3) is 0.333. The molecule has 0 saturated heterocycles. The van der Waals surface area contributed by atoms with Gasteiger partial charge in [0.2, 0.25) is 11.5 Å². The van der Waals surface area contributed by atoms with Gasteiger partial charge in [0.05, 0.1) is 12.1 Å². The number of imidazole rings is 1. The van der Waals surface area contributed by atoms with Gasteiger partial charge in [-0.3, -0.25) is 9.59 Å². The van der Waals surface area contributed by atoms with E-state index in [-0.39, 0.29) is 61.0 Å². The Kier molecular flexibility index (Phi) is 7.93. The summed E-state index contributed by atoms with van der Waals surface area (Å²) in [5.41, 5.74) is 8.14. The van der Waals surface area contributed by atoms with Crippen LogP contribution in [0.5, 0.6) is 0 Å². The molecule has 0 radical (unpaired) electrons. The van der Waals surface area contributed by atoms with E-state index in [1.807, 2.05) is 6.07 Å². The first-order valence-corrected chi connectivity index (χ1v) is 9.99. The van der Waals surface area contributed by atoms with Gasteiger partial charge in [-0.25, -0.2) is 4.98 Å². The van der Waals surface area contributed by atoms with Crippen molar-refractivity contribution in [1.82, 2.24) is 24.8 Å². The zero-order valence-electron chi connectivity index (χ0n) is 17.0. The van der Waals surface area contributed by atoms with Gasteiger partial charge in [0, 0.05) is 67.7 Å². The molecule has 1 amide bonds. The van der Waals surface area contributed by atoms with Gasteiger partial charge in [0.25, 0.3) is 0 Å². The van der Waals surface area contributed by atoms with Crippen LogP contribution in [0.2, 0.25) is 0 Å². The Morgan fingerprint density at radius 2 is 2.19 bits per heavy atom. The standard InChI is InChI=1S/C21H24N7O2.U/c22-15-4-1-3-14(9-15)18-11-25-20(27-16-5-2-6-16)21(30)28(18)12-19(29)24-8-7-17-10-23-13-26-17;/h1,3-4,9-10,13,16H,2,5-8,12,22H2,(H,23,26)(H,24,29)(H,25,27);/q-1;. The summed E-state index contributed by atoms with van der Waals surface area (Å²) in [5.74, 6) is -0.0476. The minimum Gasteiger partial charge on any atom is -0.414 e. The van der Waals surface area contributed by atoms with Crippen LogP contribution >= 0.6 is 0 Å². The summed E-state index contributed by atoms with van der Waals surface area (Å²) in [6.45, 7) is 0.301. The molecule has 10 heteroatoms. The van der Waals surface area contributed by atoms with Crippen LogP contribution in [0.15, 0.2) is 41.6 Å². The number of anilines is 2. The maximum Gasteiger partial charge on any atom is 0.239 e. The molecule has 1 aliphatic rings. The fourth-order valence-corrected chi connectivity index (χ4v) is 3.30. The Labute approximate surface area is 203 Å². The quantitative estimate of drug-likeness (QED) is 0.217. The molecule has 0 spiro atoms. The van der Waals surface area contributed by atoms with Crippen molar-refractivity contribution in [3.05, 3.63) is 59.0 Å². The number of hydrogen-bond donors (Lipinski definition) is 4. The smallest absolute Gasteiger partial charge is 0.239 e. The molecule has 0 unspecified atom stereocenters. The first kappa shape index (κ1) is 23.1. The van der Waals surface area contributed by atoms with E-state index >= 15 is 0 Å². The van der Waals surface area contributed by atoms with Crippen molar-refractivity contribution in [2.75, 3.05) is 17.6 Å². The Morgan fingerprint density at radius 3 is 2.87 bits per heavy atom. The van der Waals surface area contributed by atoms with E-state index in [9.17, 15) is 9.59 Å². The number of aromatic amines is 1. The molecule has 2 aromatic heterocycles. The predicted molar refractivity (Wildman–Crippen MR) is 114 cm³/mol. The number of aromatic nitrogens is 4. The van der Waals surface area contributed by atoms with E-state index in [0.717, 1.165) is 25.0 Å². The van der Waals surface area contributed by atoms with Gasteiger partial charge >= 0.3 is 0 Å². The third-order valence-corrected chi connectivity index (χ3v) is 5.17. The van der Waals surface area contributed by atoms with Crippen molar-refractivity contribution in [3.63, 3.8) is 0 Å². The molecule has 5 N–H and O–H groups in total. The van der Waals surface area contributed by atoms with Gasteiger partial charge in [-0.2, -0.15) is 0 Å². The Bertz CT molecular complexity index is 1080. The number of carbonyl (C=O) groups excluding carboxylic acids is 1. The summed E-state index contributed by atoms with van der Waals surface area (Å²) in [6, 6.07) is 7.34. The van der Waals surface area contributed by atoms with E-state index in [1.165, 1.54) is 4.57 Å². The summed E-state index contributed by atoms with van der Waals surface area (Å²) >= 11 is 0. The molecule has 0 aliphatic heterocycles. The maximum absolute atomic E-state index is 13.1. The molecule has 31 heavy (non-hydrogen) atoms. The molecular weight excluding hydrogens is 620 g/mol. The second kappa shape index (κ2) is 10.6. The summed E-state index contributed by atoms with van der Waals surface area (Å²) < 4.78 is 1.40. The van der Waals surface area contributed by atoms with Crippen LogP contribution in [0, 0.1) is 37.3 Å². The van der Waals surface area contributed by atoms with E-state index in [1.54, 1.807) is 30.7 Å². The average molecular weight is 644 g/mol. The van der Waals surface area contributed by atoms with Crippen LogP contribution in [-0.4, -0.2) is 38.0 Å². The van der Waals surface area contributed by atoms with Crippen LogP contribution in [0.3, 0.4) is 0 Å². The molecule has 4 rings (SSSR count). The van der Waals surface area contributed by atoms with Gasteiger partial charge in [0.15, 0.2) is 0 Å². The molecule has 1 saturated carbocycles. The van der Waals surface area contributed by atoms with E-state index in [4.69, 9.17) is 5.73 Å². The van der Waals surface area contributed by atoms with Crippen molar-refractivity contribution >= 4 is 17.4 Å². The van der Waals surface area contributed by atoms with Crippen molar-refractivity contribution in [2.24, 2.45) is 0 Å². The van der Waals surface area contributed by atoms with Gasteiger partial charge in [-0.15, -0.1) is 6.07 Å². The third-order valence-electron chi connectivity index (χ3n) is 5.17. The average Bonchev–Trinajstić information content (AvgIpc) is 3.20. The monoisotopic (exact) mass is 644 g/mol. The number of amides is 1. The van der Waals surface area contributed by atoms with Crippen molar-refractivity contribution in [1.29, 1.82) is 0 Å². The molecule has 0 bridgehead atoms. The number of nitrogens with two attached hydrogens (primary N) is 1. The maximum atomic E-state index is 13.1. The van der Waals surface area contributed by atoms with E-state index in [2.05, 4.69) is 31.8 Å². The minimum absolute atomic E-state index is 0. The van der Waals surface area contributed by atoms with E-state index in [0.29, 0.717) is 29.9 Å². The van der Waals surface area contributed by atoms with Crippen LogP contribution < -0.4 is 21.9 Å². The van der Waals surface area contributed by atoms with Crippen LogP contribution in [0.4, 0.5) is 11.5 Å². The minimum atomic E-state index is -0.346. The molecule has 0 atom stereocenters. The number of hydrogen-bond acceptors (Lipinski definition) is 6. The molecule has 2 heterocycles. The number of carbonyl (C=O) groups is 1. The number of benzene rings is 1. The SMILES string of the molecule is Nc1cccc(-c2[c-]nc(NC3CCC3)c(=O)n2CC(=O)NCCc2cnc[nH]2)c1.[U]. The van der Waals surface area contributed by atoms with Crippen molar-refractivity contribution in [3.8, 4) is 11.3 Å². The summed E-state index contributed by atoms with van der Waals surface area (Å²) in [4.78, 5) is 36.8. The number of rotatable bonds is 8. The largest absolute Gasteiger partial charge is 0.414 e. The van der Waals surface area contributed by atoms with Crippen molar-refractivity contribution in [2.45, 2.75) is 38.3 Å². The fourth-order valence-electron chi connectivity index (χ4n) is 3.30. The summed E-state index contributed by atoms with van der Waals surface area (Å²) in [7, 11) is 0. The molecule has 160 valence electrons. The van der Waals surface area contributed by atoms with Gasteiger partial charge in [-0.1, -0.05) is 23.9 Å². The van der Waals surface area contributed by atoms with Gasteiger partial charge in [0.1, 0.15) is 6.54 Å². The molecule has 1 aliphatic carbocycles. The number of nitrogens with zero attached hydrogens (tertiary/aromatic N) is 3. The zero-order valence-corrected chi connectivity index (χ0v) is 21.2. The number of nitrogens with one attached hydrogen (secondary N) is 3. The molecule has 9 nitrogen and oxygen atoms in total. The normalized spacial score (nSPS) is 13.2. The second-order valence-corrected chi connectivity index (χ2v) is 7.39. The summed E-state index contributed by atoms with van der Waals surface area (Å²) in [5, 5.41) is 6.01. The second-order valence-electron chi connectivity index (χ2n) is 7.39.